The van der Waals surface area contributed by atoms with Crippen molar-refractivity contribution in [1.29, 1.82) is 0 Å². The van der Waals surface area contributed by atoms with E-state index in [9.17, 15) is 9.59 Å². The van der Waals surface area contributed by atoms with Crippen molar-refractivity contribution in [2.45, 2.75) is 19.0 Å². The maximum absolute atomic E-state index is 10.9. The van der Waals surface area contributed by atoms with E-state index in [1.54, 1.807) is 4.90 Å². The number of likely N-dealkylation sites (tertiary alicyclic amines) is 1. The highest BCUT2D eigenvalue weighted by Crippen LogP contribution is 2.09. The second-order valence-corrected chi connectivity index (χ2v) is 3.00. The van der Waals surface area contributed by atoms with Gasteiger partial charge in [-0.1, -0.05) is 0 Å². The largest absolute Gasteiger partial charge is 0.465 e. The third kappa shape index (κ3) is 2.59. The number of carbonyl (C=O) groups excluding carboxylic acids is 1. The van der Waals surface area contributed by atoms with Crippen LogP contribution in [0.25, 0.3) is 0 Å². The fourth-order valence-corrected chi connectivity index (χ4v) is 1.46. The minimum absolute atomic E-state index is 0.649. The van der Waals surface area contributed by atoms with Crippen LogP contribution in [0.2, 0.25) is 0 Å². The molecule has 1 heterocycles. The second kappa shape index (κ2) is 4.08. The first kappa shape index (κ1) is 9.79. The van der Waals surface area contributed by atoms with Gasteiger partial charge in [0.05, 0.1) is 0 Å². The van der Waals surface area contributed by atoms with Crippen LogP contribution in [0.5, 0.6) is 0 Å². The Labute approximate surface area is 75.7 Å². The van der Waals surface area contributed by atoms with Crippen LogP contribution < -0.4 is 11.1 Å². The summed E-state index contributed by atoms with van der Waals surface area (Å²) in [5, 5.41) is 10.5. The number of nitrogens with zero attached hydrogens (tertiary/aromatic N) is 1. The predicted octanol–water partition coefficient (Wildman–Crippen LogP) is -0.839. The molecule has 0 aromatic carbocycles. The number of carbonyl (C=O) groups is 2. The summed E-state index contributed by atoms with van der Waals surface area (Å²) >= 11 is 0. The standard InChI is InChI=1S/C7H13N3O3/c8-5(11)6(9-7(12)13)10-3-1-2-4-10/h6,9H,1-4H2,(H2,8,11)(H,12,13). The van der Waals surface area contributed by atoms with E-state index in [-0.39, 0.29) is 0 Å². The summed E-state index contributed by atoms with van der Waals surface area (Å²) in [6, 6.07) is 0. The number of hydrogen-bond acceptors (Lipinski definition) is 3. The fourth-order valence-electron chi connectivity index (χ4n) is 1.46. The fraction of sp³-hybridized carbons (Fsp3) is 0.714. The molecule has 13 heavy (non-hydrogen) atoms. The summed E-state index contributed by atoms with van der Waals surface area (Å²) in [6.07, 6.45) is -0.147. The highest BCUT2D eigenvalue weighted by molar-refractivity contribution is 5.83. The maximum Gasteiger partial charge on any atom is 0.406 e. The molecule has 6 heteroatoms. The summed E-state index contributed by atoms with van der Waals surface area (Å²) < 4.78 is 0. The average molecular weight is 187 g/mol. The van der Waals surface area contributed by atoms with E-state index in [1.807, 2.05) is 0 Å². The Morgan fingerprint density at radius 2 is 1.92 bits per heavy atom. The first-order valence-corrected chi connectivity index (χ1v) is 4.14. The van der Waals surface area contributed by atoms with Gasteiger partial charge in [0, 0.05) is 13.1 Å². The molecule has 0 radical (unpaired) electrons. The molecule has 1 fully saturated rings. The van der Waals surface area contributed by atoms with Gasteiger partial charge in [0.1, 0.15) is 0 Å². The molecule has 2 amide bonds. The number of carboxylic acid groups (broad SMARTS) is 1. The third-order valence-electron chi connectivity index (χ3n) is 2.04. The monoisotopic (exact) mass is 187 g/mol. The zero-order valence-corrected chi connectivity index (χ0v) is 7.19. The smallest absolute Gasteiger partial charge is 0.406 e. The predicted molar refractivity (Wildman–Crippen MR) is 44.9 cm³/mol. The number of rotatable bonds is 3. The highest BCUT2D eigenvalue weighted by Gasteiger charge is 2.27. The van der Waals surface area contributed by atoms with E-state index in [0.717, 1.165) is 12.8 Å². The second-order valence-electron chi connectivity index (χ2n) is 3.00. The first-order chi connectivity index (χ1) is 6.11. The molecule has 0 aromatic heterocycles. The number of primary amides is 1. The minimum Gasteiger partial charge on any atom is -0.465 e. The molecule has 0 bridgehead atoms. The van der Waals surface area contributed by atoms with Crippen molar-refractivity contribution < 1.29 is 14.7 Å². The molecule has 1 aliphatic heterocycles. The Morgan fingerprint density at radius 3 is 2.31 bits per heavy atom. The minimum atomic E-state index is -1.23. The van der Waals surface area contributed by atoms with Crippen molar-refractivity contribution in [3.8, 4) is 0 Å². The lowest BCUT2D eigenvalue weighted by Gasteiger charge is -2.23. The lowest BCUT2D eigenvalue weighted by Crippen LogP contribution is -2.54. The van der Waals surface area contributed by atoms with E-state index in [0.29, 0.717) is 13.1 Å². The molecule has 1 atom stereocenters. The van der Waals surface area contributed by atoms with Crippen LogP contribution in [0, 0.1) is 0 Å². The quantitative estimate of drug-likeness (QED) is 0.537. The van der Waals surface area contributed by atoms with E-state index in [2.05, 4.69) is 5.32 Å². The third-order valence-corrected chi connectivity index (χ3v) is 2.04. The molecule has 1 aliphatic rings. The van der Waals surface area contributed by atoms with Gasteiger partial charge >= 0.3 is 6.09 Å². The molecule has 0 aromatic rings. The van der Waals surface area contributed by atoms with Gasteiger partial charge in [-0.15, -0.1) is 0 Å². The Kier molecular flexibility index (Phi) is 3.07. The molecular weight excluding hydrogens is 174 g/mol. The molecule has 1 saturated heterocycles. The Hall–Kier alpha value is -1.30. The van der Waals surface area contributed by atoms with Gasteiger partial charge in [-0.2, -0.15) is 0 Å². The topological polar surface area (TPSA) is 95.7 Å². The van der Waals surface area contributed by atoms with E-state index in [1.165, 1.54) is 0 Å². The number of amides is 2. The Bertz CT molecular complexity index is 213. The zero-order chi connectivity index (χ0) is 9.84. The summed E-state index contributed by atoms with van der Waals surface area (Å²) in [5.41, 5.74) is 5.06. The summed E-state index contributed by atoms with van der Waals surface area (Å²) in [4.78, 5) is 22.9. The van der Waals surface area contributed by atoms with E-state index >= 15 is 0 Å². The lowest BCUT2D eigenvalue weighted by atomic mass is 10.4. The van der Waals surface area contributed by atoms with Crippen LogP contribution in [-0.4, -0.2) is 41.3 Å². The number of nitrogens with two attached hydrogens (primary N) is 1. The average Bonchev–Trinajstić information content (AvgIpc) is 2.50. The molecule has 0 saturated carbocycles. The van der Waals surface area contributed by atoms with Crippen LogP contribution >= 0.6 is 0 Å². The zero-order valence-electron chi connectivity index (χ0n) is 7.19. The van der Waals surface area contributed by atoms with Gasteiger partial charge in [-0.05, 0) is 12.8 Å². The van der Waals surface area contributed by atoms with Crippen LogP contribution in [0.15, 0.2) is 0 Å². The van der Waals surface area contributed by atoms with Gasteiger partial charge in [-0.3, -0.25) is 15.0 Å². The summed E-state index contributed by atoms with van der Waals surface area (Å²) in [7, 11) is 0. The van der Waals surface area contributed by atoms with Crippen LogP contribution in [-0.2, 0) is 4.79 Å². The van der Waals surface area contributed by atoms with Gasteiger partial charge in [0.25, 0.3) is 5.91 Å². The van der Waals surface area contributed by atoms with Gasteiger partial charge in [0.15, 0.2) is 6.17 Å². The molecular formula is C7H13N3O3. The lowest BCUT2D eigenvalue weighted by molar-refractivity contribution is -0.123. The van der Waals surface area contributed by atoms with E-state index < -0.39 is 18.2 Å². The van der Waals surface area contributed by atoms with Crippen molar-refractivity contribution in [1.82, 2.24) is 10.2 Å². The van der Waals surface area contributed by atoms with Gasteiger partial charge in [0.2, 0.25) is 0 Å². The molecule has 0 spiro atoms. The first-order valence-electron chi connectivity index (χ1n) is 4.14. The summed E-state index contributed by atoms with van der Waals surface area (Å²) in [6.45, 7) is 1.43. The number of hydrogen-bond donors (Lipinski definition) is 3. The normalized spacial score (nSPS) is 19.7. The highest BCUT2D eigenvalue weighted by atomic mass is 16.4. The van der Waals surface area contributed by atoms with Crippen molar-refractivity contribution in [2.75, 3.05) is 13.1 Å². The molecule has 1 unspecified atom stereocenters. The Balaban J connectivity index is 2.55. The van der Waals surface area contributed by atoms with Crippen LogP contribution in [0.4, 0.5) is 4.79 Å². The molecule has 74 valence electrons. The SMILES string of the molecule is NC(=O)C(NC(=O)O)N1CCCC1. The van der Waals surface area contributed by atoms with Gasteiger partial charge < -0.3 is 10.8 Å². The summed E-state index contributed by atoms with van der Waals surface area (Å²) in [5.74, 6) is -0.649. The Morgan fingerprint density at radius 1 is 1.38 bits per heavy atom. The number of nitrogens with one attached hydrogen (secondary N) is 1. The van der Waals surface area contributed by atoms with Crippen molar-refractivity contribution in [3.63, 3.8) is 0 Å². The van der Waals surface area contributed by atoms with Crippen molar-refractivity contribution in [2.24, 2.45) is 5.73 Å². The molecule has 4 N–H and O–H groups in total. The molecule has 1 rings (SSSR count). The van der Waals surface area contributed by atoms with E-state index in [4.69, 9.17) is 10.8 Å². The van der Waals surface area contributed by atoms with Crippen LogP contribution in [0.1, 0.15) is 12.8 Å². The maximum atomic E-state index is 10.9. The molecule has 6 nitrogen and oxygen atoms in total. The molecule has 0 aliphatic carbocycles. The van der Waals surface area contributed by atoms with Crippen molar-refractivity contribution >= 4 is 12.0 Å². The van der Waals surface area contributed by atoms with Crippen molar-refractivity contribution in [3.05, 3.63) is 0 Å². The van der Waals surface area contributed by atoms with Gasteiger partial charge in [-0.25, -0.2) is 4.79 Å². The van der Waals surface area contributed by atoms with Crippen LogP contribution in [0.3, 0.4) is 0 Å².